The van der Waals surface area contributed by atoms with Crippen molar-refractivity contribution in [1.82, 2.24) is 20.2 Å². The van der Waals surface area contributed by atoms with Crippen LogP contribution in [0.25, 0.3) is 6.08 Å². The number of carbonyl (C=O) groups excluding carboxylic acids is 2. The number of nitrogens with one attached hydrogen (secondary N) is 2. The molecule has 0 radical (unpaired) electrons. The van der Waals surface area contributed by atoms with Gasteiger partial charge < -0.3 is 24.4 Å². The Morgan fingerprint density at radius 2 is 2.07 bits per heavy atom. The summed E-state index contributed by atoms with van der Waals surface area (Å²) in [6, 6.07) is 10.0. The van der Waals surface area contributed by atoms with Crippen LogP contribution in [0.5, 0.6) is 5.75 Å². The second-order valence-electron chi connectivity index (χ2n) is 6.17. The van der Waals surface area contributed by atoms with E-state index >= 15 is 0 Å². The molecule has 2 N–H and O–H groups in total. The maximum Gasteiger partial charge on any atom is 0.267 e. The maximum atomic E-state index is 12.6. The predicted molar refractivity (Wildman–Crippen MR) is 107 cm³/mol. The first-order valence-electron chi connectivity index (χ1n) is 9.10. The molecule has 2 heterocycles. The van der Waals surface area contributed by atoms with Gasteiger partial charge in [0.15, 0.2) is 0 Å². The smallest absolute Gasteiger partial charge is 0.267 e. The van der Waals surface area contributed by atoms with Gasteiger partial charge in [0.25, 0.3) is 11.8 Å². The number of benzene rings is 1. The summed E-state index contributed by atoms with van der Waals surface area (Å²) in [5.74, 6) is 0.306. The highest BCUT2D eigenvalue weighted by Crippen LogP contribution is 2.12. The van der Waals surface area contributed by atoms with Gasteiger partial charge >= 0.3 is 0 Å². The van der Waals surface area contributed by atoms with Crippen molar-refractivity contribution in [2.75, 3.05) is 13.7 Å². The minimum Gasteiger partial charge on any atom is -0.497 e. The van der Waals surface area contributed by atoms with Crippen LogP contribution in [-0.2, 0) is 11.3 Å². The Balaban J connectivity index is 1.63. The summed E-state index contributed by atoms with van der Waals surface area (Å²) in [5, 5.41) is 5.47. The summed E-state index contributed by atoms with van der Waals surface area (Å²) >= 11 is 0. The van der Waals surface area contributed by atoms with Gasteiger partial charge in [0, 0.05) is 37.1 Å². The van der Waals surface area contributed by atoms with E-state index in [0.717, 1.165) is 13.0 Å². The van der Waals surface area contributed by atoms with Gasteiger partial charge in [-0.05, 0) is 42.8 Å². The Bertz CT molecular complexity index is 945. The third kappa shape index (κ3) is 5.83. The highest BCUT2D eigenvalue weighted by Gasteiger charge is 2.15. The number of aromatic nitrogens is 2. The van der Waals surface area contributed by atoms with Gasteiger partial charge in [0.1, 0.15) is 17.2 Å². The van der Waals surface area contributed by atoms with Crippen molar-refractivity contribution >= 4 is 17.9 Å². The van der Waals surface area contributed by atoms with Gasteiger partial charge in [-0.15, -0.1) is 0 Å². The number of imidazole rings is 1. The monoisotopic (exact) mass is 394 g/mol. The van der Waals surface area contributed by atoms with E-state index in [2.05, 4.69) is 15.6 Å². The molecule has 0 saturated carbocycles. The van der Waals surface area contributed by atoms with E-state index in [9.17, 15) is 9.59 Å². The van der Waals surface area contributed by atoms with E-state index in [-0.39, 0.29) is 5.70 Å². The zero-order valence-electron chi connectivity index (χ0n) is 16.0. The second-order valence-corrected chi connectivity index (χ2v) is 6.17. The van der Waals surface area contributed by atoms with Crippen LogP contribution in [0.1, 0.15) is 22.5 Å². The first kappa shape index (κ1) is 19.9. The molecule has 1 aromatic carbocycles. The molecule has 0 bridgehead atoms. The molecule has 0 saturated heterocycles. The lowest BCUT2D eigenvalue weighted by atomic mass is 10.2. The summed E-state index contributed by atoms with van der Waals surface area (Å²) in [7, 11) is 1.55. The van der Waals surface area contributed by atoms with Gasteiger partial charge in [0.05, 0.1) is 19.7 Å². The molecule has 8 heteroatoms. The van der Waals surface area contributed by atoms with Crippen LogP contribution in [0.15, 0.2) is 71.5 Å². The molecule has 0 aliphatic heterocycles. The maximum absolute atomic E-state index is 12.6. The third-order valence-corrected chi connectivity index (χ3v) is 4.11. The standard InChI is InChI=1S/C21H22N4O4/c1-28-17-7-5-16(6-8-17)20(26)24-19(14-18-4-2-13-29-18)21(27)23-9-3-11-25-12-10-22-15-25/h2,4-8,10,12-15H,3,9,11H2,1H3,(H,23,27)(H,24,26). The van der Waals surface area contributed by atoms with Crippen LogP contribution in [0.4, 0.5) is 0 Å². The minimum atomic E-state index is -0.404. The second kappa shape index (κ2) is 9.93. The van der Waals surface area contributed by atoms with Crippen LogP contribution in [0, 0.1) is 0 Å². The summed E-state index contributed by atoms with van der Waals surface area (Å²) in [5.41, 5.74) is 0.507. The molecule has 29 heavy (non-hydrogen) atoms. The molecule has 0 atom stereocenters. The molecule has 2 amide bonds. The number of furan rings is 1. The van der Waals surface area contributed by atoms with Crippen LogP contribution in [0.2, 0.25) is 0 Å². The Morgan fingerprint density at radius 1 is 1.24 bits per heavy atom. The van der Waals surface area contributed by atoms with E-state index < -0.39 is 11.8 Å². The average molecular weight is 394 g/mol. The molecular weight excluding hydrogens is 372 g/mol. The topological polar surface area (TPSA) is 98.4 Å². The van der Waals surface area contributed by atoms with E-state index in [1.54, 1.807) is 56.0 Å². The molecule has 0 aliphatic carbocycles. The fourth-order valence-electron chi connectivity index (χ4n) is 2.59. The lowest BCUT2D eigenvalue weighted by molar-refractivity contribution is -0.117. The lowest BCUT2D eigenvalue weighted by Gasteiger charge is -2.11. The highest BCUT2D eigenvalue weighted by molar-refractivity contribution is 6.05. The van der Waals surface area contributed by atoms with Crippen molar-refractivity contribution < 1.29 is 18.7 Å². The van der Waals surface area contributed by atoms with Crippen molar-refractivity contribution in [3.05, 3.63) is 78.4 Å². The molecule has 3 rings (SSSR count). The number of carbonyl (C=O) groups is 2. The Kier molecular flexibility index (Phi) is 6.83. The van der Waals surface area contributed by atoms with Crippen LogP contribution in [0.3, 0.4) is 0 Å². The van der Waals surface area contributed by atoms with E-state index in [0.29, 0.717) is 23.6 Å². The van der Waals surface area contributed by atoms with Crippen LogP contribution >= 0.6 is 0 Å². The highest BCUT2D eigenvalue weighted by atomic mass is 16.5. The Hall–Kier alpha value is -3.81. The SMILES string of the molecule is COc1ccc(C(=O)NC(=Cc2ccco2)C(=O)NCCCn2ccnc2)cc1. The first-order chi connectivity index (χ1) is 14.2. The summed E-state index contributed by atoms with van der Waals surface area (Å²) in [6.07, 6.45) is 9.00. The number of aryl methyl sites for hydroxylation is 1. The van der Waals surface area contributed by atoms with Gasteiger partial charge in [-0.1, -0.05) is 0 Å². The van der Waals surface area contributed by atoms with Gasteiger partial charge in [-0.3, -0.25) is 9.59 Å². The van der Waals surface area contributed by atoms with Gasteiger partial charge in [-0.25, -0.2) is 4.98 Å². The Morgan fingerprint density at radius 3 is 2.72 bits per heavy atom. The number of hydrogen-bond acceptors (Lipinski definition) is 5. The number of ether oxygens (including phenoxy) is 1. The molecule has 0 unspecified atom stereocenters. The summed E-state index contributed by atoms with van der Waals surface area (Å²) < 4.78 is 12.3. The molecule has 2 aromatic heterocycles. The van der Waals surface area contributed by atoms with Crippen molar-refractivity contribution in [2.24, 2.45) is 0 Å². The zero-order valence-corrected chi connectivity index (χ0v) is 16.0. The first-order valence-corrected chi connectivity index (χ1v) is 9.10. The van der Waals surface area contributed by atoms with E-state index in [1.165, 1.54) is 12.3 Å². The van der Waals surface area contributed by atoms with Crippen molar-refractivity contribution in [3.63, 3.8) is 0 Å². The number of nitrogens with zero attached hydrogens (tertiary/aromatic N) is 2. The Labute approximate surface area is 168 Å². The fraction of sp³-hybridized carbons (Fsp3) is 0.190. The van der Waals surface area contributed by atoms with Crippen molar-refractivity contribution in [2.45, 2.75) is 13.0 Å². The molecular formula is C21H22N4O4. The zero-order chi connectivity index (χ0) is 20.5. The largest absolute Gasteiger partial charge is 0.497 e. The summed E-state index contributed by atoms with van der Waals surface area (Å²) in [6.45, 7) is 1.18. The molecule has 0 aliphatic rings. The molecule has 150 valence electrons. The number of hydrogen-bond donors (Lipinski definition) is 2. The minimum absolute atomic E-state index is 0.100. The van der Waals surface area contributed by atoms with Crippen molar-refractivity contribution in [3.8, 4) is 5.75 Å². The third-order valence-electron chi connectivity index (χ3n) is 4.11. The molecule has 0 spiro atoms. The number of amides is 2. The van der Waals surface area contributed by atoms with E-state index in [1.807, 2.05) is 10.8 Å². The number of rotatable bonds is 9. The van der Waals surface area contributed by atoms with Gasteiger partial charge in [0.2, 0.25) is 0 Å². The lowest BCUT2D eigenvalue weighted by Crippen LogP contribution is -2.35. The average Bonchev–Trinajstić information content (AvgIpc) is 3.45. The van der Waals surface area contributed by atoms with Crippen LogP contribution < -0.4 is 15.4 Å². The molecule has 8 nitrogen and oxygen atoms in total. The quantitative estimate of drug-likeness (QED) is 0.429. The molecule has 0 fully saturated rings. The van der Waals surface area contributed by atoms with Gasteiger partial charge in [-0.2, -0.15) is 0 Å². The molecule has 3 aromatic rings. The van der Waals surface area contributed by atoms with E-state index in [4.69, 9.17) is 9.15 Å². The number of methoxy groups -OCH3 is 1. The van der Waals surface area contributed by atoms with Crippen LogP contribution in [-0.4, -0.2) is 35.0 Å². The van der Waals surface area contributed by atoms with Crippen molar-refractivity contribution in [1.29, 1.82) is 0 Å². The summed E-state index contributed by atoms with van der Waals surface area (Å²) in [4.78, 5) is 29.2. The predicted octanol–water partition coefficient (Wildman–Crippen LogP) is 2.46. The fourth-order valence-corrected chi connectivity index (χ4v) is 2.59. The normalized spacial score (nSPS) is 11.1.